The van der Waals surface area contributed by atoms with Gasteiger partial charge in [-0.2, -0.15) is 0 Å². The van der Waals surface area contributed by atoms with E-state index in [1.807, 2.05) is 43.3 Å². The molecule has 1 unspecified atom stereocenters. The summed E-state index contributed by atoms with van der Waals surface area (Å²) in [5.41, 5.74) is 1.80. The van der Waals surface area contributed by atoms with Crippen molar-refractivity contribution in [3.63, 3.8) is 0 Å². The highest BCUT2D eigenvalue weighted by Gasteiger charge is 2.15. The van der Waals surface area contributed by atoms with Gasteiger partial charge in [-0.05, 0) is 31.5 Å². The Morgan fingerprint density at radius 3 is 2.52 bits per heavy atom. The van der Waals surface area contributed by atoms with Gasteiger partial charge in [0.25, 0.3) is 0 Å². The van der Waals surface area contributed by atoms with Gasteiger partial charge in [0, 0.05) is 12.2 Å². The van der Waals surface area contributed by atoms with Crippen molar-refractivity contribution in [2.75, 3.05) is 5.32 Å². The minimum absolute atomic E-state index is 0.249. The lowest BCUT2D eigenvalue weighted by Crippen LogP contribution is -2.46. The Bertz CT molecular complexity index is 673. The maximum atomic E-state index is 12.0. The highest BCUT2D eigenvalue weighted by molar-refractivity contribution is 5.92. The summed E-state index contributed by atoms with van der Waals surface area (Å²) in [6.07, 6.45) is 0. The predicted molar refractivity (Wildman–Crippen MR) is 88.9 cm³/mol. The molecule has 1 aromatic carbocycles. The highest BCUT2D eigenvalue weighted by atomic mass is 16.2. The van der Waals surface area contributed by atoms with Crippen LogP contribution in [-0.2, 0) is 11.3 Å². The molecule has 0 aliphatic heterocycles. The van der Waals surface area contributed by atoms with Crippen molar-refractivity contribution in [3.8, 4) is 0 Å². The van der Waals surface area contributed by atoms with E-state index in [0.717, 1.165) is 11.3 Å². The van der Waals surface area contributed by atoms with Crippen LogP contribution < -0.4 is 16.0 Å². The number of urea groups is 1. The number of carbonyl (C=O) groups is 2. The van der Waals surface area contributed by atoms with Crippen molar-refractivity contribution >= 4 is 17.8 Å². The molecule has 6 heteroatoms. The van der Waals surface area contributed by atoms with Crippen LogP contribution in [0.2, 0.25) is 0 Å². The molecule has 0 aliphatic carbocycles. The van der Waals surface area contributed by atoms with Gasteiger partial charge in [-0.3, -0.25) is 10.1 Å². The zero-order valence-corrected chi connectivity index (χ0v) is 13.2. The number of nitrogens with one attached hydrogen (secondary N) is 3. The minimum Gasteiger partial charge on any atom is -0.350 e. The van der Waals surface area contributed by atoms with E-state index in [1.54, 1.807) is 19.1 Å². The monoisotopic (exact) mass is 312 g/mol. The maximum Gasteiger partial charge on any atom is 0.321 e. The van der Waals surface area contributed by atoms with Crippen LogP contribution in [0.15, 0.2) is 48.5 Å². The molecule has 0 bridgehead atoms. The van der Waals surface area contributed by atoms with Crippen LogP contribution in [0.3, 0.4) is 0 Å². The van der Waals surface area contributed by atoms with Gasteiger partial charge in [0.2, 0.25) is 5.91 Å². The fourth-order valence-electron chi connectivity index (χ4n) is 1.97. The molecule has 1 atom stereocenters. The first-order valence-corrected chi connectivity index (χ1v) is 7.37. The van der Waals surface area contributed by atoms with Crippen LogP contribution in [0.25, 0.3) is 0 Å². The standard InChI is InChI=1S/C17H20N4O2/c1-12-7-6-10-15(19-12)21-17(23)20-13(2)16(22)18-11-14-8-4-3-5-9-14/h3-10,13H,11H2,1-2H3,(H,18,22)(H2,19,20,21,23). The molecule has 3 N–H and O–H groups in total. The van der Waals surface area contributed by atoms with Crippen molar-refractivity contribution in [2.45, 2.75) is 26.4 Å². The van der Waals surface area contributed by atoms with Gasteiger partial charge < -0.3 is 10.6 Å². The van der Waals surface area contributed by atoms with Gasteiger partial charge >= 0.3 is 6.03 Å². The van der Waals surface area contributed by atoms with E-state index < -0.39 is 12.1 Å². The smallest absolute Gasteiger partial charge is 0.321 e. The molecule has 23 heavy (non-hydrogen) atoms. The molecule has 0 spiro atoms. The predicted octanol–water partition coefficient (Wildman–Crippen LogP) is 2.22. The molecular weight excluding hydrogens is 292 g/mol. The number of amides is 3. The van der Waals surface area contributed by atoms with Crippen LogP contribution in [-0.4, -0.2) is 23.0 Å². The number of pyridine rings is 1. The van der Waals surface area contributed by atoms with Gasteiger partial charge in [0.15, 0.2) is 0 Å². The van der Waals surface area contributed by atoms with Gasteiger partial charge in [-0.25, -0.2) is 9.78 Å². The first-order valence-electron chi connectivity index (χ1n) is 7.37. The second-order valence-corrected chi connectivity index (χ2v) is 5.19. The lowest BCUT2D eigenvalue weighted by atomic mass is 10.2. The summed E-state index contributed by atoms with van der Waals surface area (Å²) < 4.78 is 0. The van der Waals surface area contributed by atoms with E-state index in [4.69, 9.17) is 0 Å². The third-order valence-corrected chi connectivity index (χ3v) is 3.18. The minimum atomic E-state index is -0.650. The average Bonchev–Trinajstić information content (AvgIpc) is 2.53. The summed E-state index contributed by atoms with van der Waals surface area (Å²) in [5.74, 6) is 0.195. The van der Waals surface area contributed by atoms with Crippen molar-refractivity contribution in [3.05, 3.63) is 59.8 Å². The lowest BCUT2D eigenvalue weighted by molar-refractivity contribution is -0.122. The van der Waals surface area contributed by atoms with Gasteiger partial charge in [0.1, 0.15) is 11.9 Å². The largest absolute Gasteiger partial charge is 0.350 e. The number of anilines is 1. The average molecular weight is 312 g/mol. The molecular formula is C17H20N4O2. The normalized spacial score (nSPS) is 11.4. The van der Waals surface area contributed by atoms with Crippen LogP contribution >= 0.6 is 0 Å². The molecule has 0 aliphatic rings. The Hall–Kier alpha value is -2.89. The SMILES string of the molecule is Cc1cccc(NC(=O)NC(C)C(=O)NCc2ccccc2)n1. The zero-order chi connectivity index (χ0) is 16.7. The number of aromatic nitrogens is 1. The molecule has 0 radical (unpaired) electrons. The Morgan fingerprint density at radius 2 is 1.83 bits per heavy atom. The highest BCUT2D eigenvalue weighted by Crippen LogP contribution is 2.03. The van der Waals surface area contributed by atoms with E-state index >= 15 is 0 Å². The van der Waals surface area contributed by atoms with E-state index in [2.05, 4.69) is 20.9 Å². The van der Waals surface area contributed by atoms with Crippen LogP contribution in [0, 0.1) is 6.92 Å². The molecule has 0 saturated heterocycles. The van der Waals surface area contributed by atoms with Gasteiger partial charge in [-0.1, -0.05) is 36.4 Å². The first-order chi connectivity index (χ1) is 11.0. The van der Waals surface area contributed by atoms with Crippen LogP contribution in [0.4, 0.5) is 10.6 Å². The summed E-state index contributed by atoms with van der Waals surface area (Å²) in [7, 11) is 0. The molecule has 1 heterocycles. The summed E-state index contributed by atoms with van der Waals surface area (Å²) in [4.78, 5) is 28.0. The fraction of sp³-hybridized carbons (Fsp3) is 0.235. The lowest BCUT2D eigenvalue weighted by Gasteiger charge is -2.14. The van der Waals surface area contributed by atoms with Gasteiger partial charge in [-0.15, -0.1) is 0 Å². The molecule has 2 rings (SSSR count). The van der Waals surface area contributed by atoms with Crippen LogP contribution in [0.1, 0.15) is 18.2 Å². The zero-order valence-electron chi connectivity index (χ0n) is 13.2. The maximum absolute atomic E-state index is 12.0. The molecule has 1 aromatic heterocycles. The Morgan fingerprint density at radius 1 is 1.09 bits per heavy atom. The molecule has 0 saturated carbocycles. The number of nitrogens with zero attached hydrogens (tertiary/aromatic N) is 1. The van der Waals surface area contributed by atoms with Crippen molar-refractivity contribution in [1.82, 2.24) is 15.6 Å². The van der Waals surface area contributed by atoms with E-state index in [9.17, 15) is 9.59 Å². The second-order valence-electron chi connectivity index (χ2n) is 5.19. The molecule has 3 amide bonds. The fourth-order valence-corrected chi connectivity index (χ4v) is 1.97. The topological polar surface area (TPSA) is 83.1 Å². The molecule has 120 valence electrons. The summed E-state index contributed by atoms with van der Waals surface area (Å²) in [5, 5.41) is 7.96. The summed E-state index contributed by atoms with van der Waals surface area (Å²) in [6.45, 7) is 3.89. The van der Waals surface area contributed by atoms with Gasteiger partial charge in [0.05, 0.1) is 0 Å². The second kappa shape index (κ2) is 7.93. The van der Waals surface area contributed by atoms with E-state index in [0.29, 0.717) is 12.4 Å². The third-order valence-electron chi connectivity index (χ3n) is 3.18. The summed E-state index contributed by atoms with van der Waals surface area (Å²) >= 11 is 0. The Balaban J connectivity index is 1.79. The summed E-state index contributed by atoms with van der Waals surface area (Å²) in [6, 6.07) is 13.8. The number of carbonyl (C=O) groups excluding carboxylic acids is 2. The molecule has 6 nitrogen and oxygen atoms in total. The van der Waals surface area contributed by atoms with Crippen LogP contribution in [0.5, 0.6) is 0 Å². The van der Waals surface area contributed by atoms with E-state index in [1.165, 1.54) is 0 Å². The molecule has 2 aromatic rings. The van der Waals surface area contributed by atoms with Crippen molar-refractivity contribution in [1.29, 1.82) is 0 Å². The first kappa shape index (κ1) is 16.5. The molecule has 0 fully saturated rings. The number of benzene rings is 1. The number of hydrogen-bond acceptors (Lipinski definition) is 3. The Kier molecular flexibility index (Phi) is 5.68. The van der Waals surface area contributed by atoms with E-state index in [-0.39, 0.29) is 5.91 Å². The number of aryl methyl sites for hydroxylation is 1. The van der Waals surface area contributed by atoms with Crippen molar-refractivity contribution in [2.24, 2.45) is 0 Å². The van der Waals surface area contributed by atoms with Crippen molar-refractivity contribution < 1.29 is 9.59 Å². The number of rotatable bonds is 5. The Labute approximate surface area is 135 Å². The quantitative estimate of drug-likeness (QED) is 0.791. The number of hydrogen-bond donors (Lipinski definition) is 3. The third kappa shape index (κ3) is 5.43.